The summed E-state index contributed by atoms with van der Waals surface area (Å²) in [7, 11) is 1.50. The van der Waals surface area contributed by atoms with Crippen molar-refractivity contribution in [2.75, 3.05) is 7.11 Å². The molecule has 1 aromatic rings. The maximum absolute atomic E-state index is 11.2. The average Bonchev–Trinajstić information content (AvgIpc) is 2.16. The van der Waals surface area contributed by atoms with Crippen molar-refractivity contribution in [1.82, 2.24) is 0 Å². The largest absolute Gasteiger partial charge is 0.495 e. The molecule has 0 amide bonds. The number of benzene rings is 1. The molecule has 1 aromatic carbocycles. The quantitative estimate of drug-likeness (QED) is 0.669. The predicted octanol–water partition coefficient (Wildman–Crippen LogP) is 2.08. The van der Waals surface area contributed by atoms with Gasteiger partial charge in [0.05, 0.1) is 12.7 Å². The zero-order valence-corrected chi connectivity index (χ0v) is 8.42. The second-order valence-electron chi connectivity index (χ2n) is 3.04. The van der Waals surface area contributed by atoms with Gasteiger partial charge in [0.15, 0.2) is 5.78 Å². The summed E-state index contributed by atoms with van der Waals surface area (Å²) >= 11 is 0. The second kappa shape index (κ2) is 3.93. The number of ether oxygens (including phenoxy) is 1. The fraction of sp³-hybridized carbons (Fsp3) is 0.273. The molecule has 0 saturated carbocycles. The Morgan fingerprint density at radius 1 is 1.50 bits per heavy atom. The summed E-state index contributed by atoms with van der Waals surface area (Å²) in [6, 6.07) is 5.26. The van der Waals surface area contributed by atoms with Crippen molar-refractivity contribution in [2.24, 2.45) is 0 Å². The number of carbonyl (C=O) groups excluding carboxylic acids is 1. The Morgan fingerprint density at radius 2 is 2.14 bits per heavy atom. The number of hydrogen-bond acceptors (Lipinski definition) is 3. The Kier molecular flexibility index (Phi) is 2.88. The van der Waals surface area contributed by atoms with Crippen LogP contribution in [0.15, 0.2) is 12.1 Å². The highest BCUT2D eigenvalue weighted by atomic mass is 16.5. The van der Waals surface area contributed by atoms with E-state index in [0.29, 0.717) is 16.9 Å². The third-order valence-electron chi connectivity index (χ3n) is 2.05. The molecular formula is C11H11NO2. The van der Waals surface area contributed by atoms with Gasteiger partial charge in [-0.3, -0.25) is 4.79 Å². The lowest BCUT2D eigenvalue weighted by atomic mass is 10.0. The topological polar surface area (TPSA) is 50.1 Å². The number of nitriles is 1. The average molecular weight is 189 g/mol. The van der Waals surface area contributed by atoms with Crippen LogP contribution in [-0.4, -0.2) is 12.9 Å². The summed E-state index contributed by atoms with van der Waals surface area (Å²) in [4.78, 5) is 11.2. The number of rotatable bonds is 2. The van der Waals surface area contributed by atoms with Gasteiger partial charge in [0.1, 0.15) is 11.8 Å². The fourth-order valence-electron chi connectivity index (χ4n) is 1.32. The molecule has 0 unspecified atom stereocenters. The van der Waals surface area contributed by atoms with Gasteiger partial charge in [0.2, 0.25) is 0 Å². The van der Waals surface area contributed by atoms with Crippen LogP contribution in [0.2, 0.25) is 0 Å². The number of Topliss-reactive ketones (excluding diaryl/α,β-unsaturated/α-hetero) is 1. The predicted molar refractivity (Wildman–Crippen MR) is 52.5 cm³/mol. The number of hydrogen-bond donors (Lipinski definition) is 0. The molecule has 72 valence electrons. The van der Waals surface area contributed by atoms with Crippen molar-refractivity contribution in [3.05, 3.63) is 28.8 Å². The lowest BCUT2D eigenvalue weighted by molar-refractivity contribution is 0.101. The van der Waals surface area contributed by atoms with Gasteiger partial charge < -0.3 is 4.74 Å². The maximum Gasteiger partial charge on any atom is 0.160 e. The van der Waals surface area contributed by atoms with E-state index in [2.05, 4.69) is 0 Å². The van der Waals surface area contributed by atoms with E-state index in [1.54, 1.807) is 12.1 Å². The van der Waals surface area contributed by atoms with Gasteiger partial charge in [-0.15, -0.1) is 0 Å². The maximum atomic E-state index is 11.2. The van der Waals surface area contributed by atoms with Crippen LogP contribution in [-0.2, 0) is 0 Å². The minimum absolute atomic E-state index is 0.0401. The number of nitrogens with zero attached hydrogens (tertiary/aromatic N) is 1. The van der Waals surface area contributed by atoms with Crippen LogP contribution < -0.4 is 4.74 Å². The number of aryl methyl sites for hydroxylation is 1. The van der Waals surface area contributed by atoms with Crippen molar-refractivity contribution in [3.63, 3.8) is 0 Å². The van der Waals surface area contributed by atoms with Crippen molar-refractivity contribution >= 4 is 5.78 Å². The van der Waals surface area contributed by atoms with Gasteiger partial charge in [-0.1, -0.05) is 0 Å². The summed E-state index contributed by atoms with van der Waals surface area (Å²) in [5.41, 5.74) is 1.79. The SMILES string of the molecule is COc1cc(C)c(C(C)=O)cc1C#N. The van der Waals surface area contributed by atoms with E-state index >= 15 is 0 Å². The van der Waals surface area contributed by atoms with Gasteiger partial charge >= 0.3 is 0 Å². The van der Waals surface area contributed by atoms with Crippen molar-refractivity contribution in [1.29, 1.82) is 5.26 Å². The molecule has 0 spiro atoms. The second-order valence-corrected chi connectivity index (χ2v) is 3.04. The number of ketones is 1. The summed E-state index contributed by atoms with van der Waals surface area (Å²) in [5.74, 6) is 0.469. The van der Waals surface area contributed by atoms with E-state index in [9.17, 15) is 4.79 Å². The molecule has 0 aliphatic rings. The van der Waals surface area contributed by atoms with Crippen LogP contribution in [0.1, 0.15) is 28.4 Å². The smallest absolute Gasteiger partial charge is 0.160 e. The third kappa shape index (κ3) is 1.74. The summed E-state index contributed by atoms with van der Waals surface area (Å²) in [5, 5.41) is 8.81. The lowest BCUT2D eigenvalue weighted by Gasteiger charge is -2.07. The molecule has 3 nitrogen and oxygen atoms in total. The normalized spacial score (nSPS) is 9.29. The zero-order valence-electron chi connectivity index (χ0n) is 8.42. The molecule has 0 aliphatic heterocycles. The Balaban J connectivity index is 3.40. The summed E-state index contributed by atoms with van der Waals surface area (Å²) in [6.07, 6.45) is 0. The molecule has 0 radical (unpaired) electrons. The van der Waals surface area contributed by atoms with Crippen LogP contribution in [0.3, 0.4) is 0 Å². The molecule has 1 rings (SSSR count). The van der Waals surface area contributed by atoms with E-state index in [1.165, 1.54) is 14.0 Å². The molecule has 0 atom stereocenters. The Labute approximate surface area is 82.9 Å². The molecule has 0 fully saturated rings. The van der Waals surface area contributed by atoms with Gasteiger partial charge in [-0.05, 0) is 31.5 Å². The van der Waals surface area contributed by atoms with Gasteiger partial charge in [-0.25, -0.2) is 0 Å². The molecule has 0 N–H and O–H groups in total. The van der Waals surface area contributed by atoms with Crippen molar-refractivity contribution < 1.29 is 9.53 Å². The molecule has 0 aliphatic carbocycles. The van der Waals surface area contributed by atoms with Crippen LogP contribution in [0.25, 0.3) is 0 Å². The summed E-state index contributed by atoms with van der Waals surface area (Å²) in [6.45, 7) is 3.30. The fourth-order valence-corrected chi connectivity index (χ4v) is 1.32. The Hall–Kier alpha value is -1.82. The van der Waals surface area contributed by atoms with Gasteiger partial charge in [0, 0.05) is 5.56 Å². The van der Waals surface area contributed by atoms with E-state index in [4.69, 9.17) is 10.00 Å². The molecule has 0 bridgehead atoms. The molecular weight excluding hydrogens is 178 g/mol. The highest BCUT2D eigenvalue weighted by molar-refractivity contribution is 5.96. The first-order valence-corrected chi connectivity index (χ1v) is 4.19. The first-order valence-electron chi connectivity index (χ1n) is 4.19. The van der Waals surface area contributed by atoms with Crippen molar-refractivity contribution in [2.45, 2.75) is 13.8 Å². The molecule has 0 saturated heterocycles. The monoisotopic (exact) mass is 189 g/mol. The molecule has 0 aromatic heterocycles. The first-order chi connectivity index (χ1) is 6.60. The van der Waals surface area contributed by atoms with Gasteiger partial charge in [0.25, 0.3) is 0 Å². The van der Waals surface area contributed by atoms with E-state index in [1.807, 2.05) is 13.0 Å². The first kappa shape index (κ1) is 10.3. The number of carbonyl (C=O) groups is 1. The molecule has 14 heavy (non-hydrogen) atoms. The van der Waals surface area contributed by atoms with E-state index in [0.717, 1.165) is 5.56 Å². The highest BCUT2D eigenvalue weighted by Crippen LogP contribution is 2.22. The Bertz CT molecular complexity index is 416. The molecule has 3 heteroatoms. The highest BCUT2D eigenvalue weighted by Gasteiger charge is 2.10. The molecule has 0 heterocycles. The third-order valence-corrected chi connectivity index (χ3v) is 2.05. The minimum Gasteiger partial charge on any atom is -0.495 e. The van der Waals surface area contributed by atoms with Crippen LogP contribution in [0.4, 0.5) is 0 Å². The van der Waals surface area contributed by atoms with Crippen LogP contribution >= 0.6 is 0 Å². The lowest BCUT2D eigenvalue weighted by Crippen LogP contribution is -1.99. The van der Waals surface area contributed by atoms with E-state index < -0.39 is 0 Å². The van der Waals surface area contributed by atoms with Gasteiger partial charge in [-0.2, -0.15) is 5.26 Å². The number of methoxy groups -OCH3 is 1. The van der Waals surface area contributed by atoms with Crippen molar-refractivity contribution in [3.8, 4) is 11.8 Å². The Morgan fingerprint density at radius 3 is 2.57 bits per heavy atom. The standard InChI is InChI=1S/C11H11NO2/c1-7-4-11(14-3)9(6-12)5-10(7)8(2)13/h4-5H,1-3H3. The zero-order chi connectivity index (χ0) is 10.7. The van der Waals surface area contributed by atoms with Crippen LogP contribution in [0.5, 0.6) is 5.75 Å². The van der Waals surface area contributed by atoms with Crippen LogP contribution in [0, 0.1) is 18.3 Å². The minimum atomic E-state index is -0.0401. The van der Waals surface area contributed by atoms with E-state index in [-0.39, 0.29) is 5.78 Å². The summed E-state index contributed by atoms with van der Waals surface area (Å²) < 4.78 is 5.02.